The van der Waals surface area contributed by atoms with E-state index in [1.54, 1.807) is 0 Å². The Morgan fingerprint density at radius 1 is 1.36 bits per heavy atom. The fraction of sp³-hybridized carbons (Fsp3) is 0.588. The van der Waals surface area contributed by atoms with Crippen LogP contribution < -0.4 is 15.4 Å². The summed E-state index contributed by atoms with van der Waals surface area (Å²) in [6.45, 7) is 2.83. The lowest BCUT2D eigenvalue weighted by Crippen LogP contribution is -2.36. The van der Waals surface area contributed by atoms with Crippen molar-refractivity contribution in [1.82, 2.24) is 10.6 Å². The van der Waals surface area contributed by atoms with Crippen LogP contribution in [0.15, 0.2) is 24.3 Å². The molecule has 22 heavy (non-hydrogen) atoms. The van der Waals surface area contributed by atoms with Gasteiger partial charge in [-0.15, -0.1) is 0 Å². The molecule has 0 spiro atoms. The zero-order valence-corrected chi connectivity index (χ0v) is 13.2. The molecular weight excluding hydrogens is 280 g/mol. The summed E-state index contributed by atoms with van der Waals surface area (Å²) in [4.78, 5) is 11.7. The van der Waals surface area contributed by atoms with E-state index in [0.717, 1.165) is 24.2 Å². The number of hydrogen-bond donors (Lipinski definition) is 3. The summed E-state index contributed by atoms with van der Waals surface area (Å²) in [5, 5.41) is 15.0. The number of amides is 2. The number of carbonyl (C=O) groups excluding carboxylic acids is 1. The van der Waals surface area contributed by atoms with E-state index in [1.807, 2.05) is 31.2 Å². The van der Waals surface area contributed by atoms with Gasteiger partial charge in [-0.2, -0.15) is 0 Å². The summed E-state index contributed by atoms with van der Waals surface area (Å²) in [5.74, 6) is 0.855. The van der Waals surface area contributed by atoms with E-state index < -0.39 is 0 Å². The molecule has 0 bridgehead atoms. The van der Waals surface area contributed by atoms with Gasteiger partial charge in [-0.05, 0) is 38.2 Å². The molecule has 1 fully saturated rings. The van der Waals surface area contributed by atoms with Gasteiger partial charge in [0, 0.05) is 18.7 Å². The maximum atomic E-state index is 11.7. The highest BCUT2D eigenvalue weighted by Crippen LogP contribution is 2.27. The number of carbonyl (C=O) groups is 1. The Bertz CT molecular complexity index is 475. The van der Waals surface area contributed by atoms with Gasteiger partial charge in [0.05, 0.1) is 12.2 Å². The highest BCUT2D eigenvalue weighted by atomic mass is 16.5. The zero-order valence-electron chi connectivity index (χ0n) is 13.2. The normalized spacial score (nSPS) is 15.7. The van der Waals surface area contributed by atoms with Gasteiger partial charge >= 0.3 is 6.03 Å². The molecular formula is C17H26N2O3. The average molecular weight is 306 g/mol. The molecule has 1 aliphatic rings. The summed E-state index contributed by atoms with van der Waals surface area (Å²) in [5.41, 5.74) is 0.984. The molecule has 1 aromatic carbocycles. The fourth-order valence-electron chi connectivity index (χ4n) is 2.23. The lowest BCUT2D eigenvalue weighted by Gasteiger charge is -2.27. The van der Waals surface area contributed by atoms with Gasteiger partial charge in [-0.1, -0.05) is 25.1 Å². The van der Waals surface area contributed by atoms with Gasteiger partial charge in [0.25, 0.3) is 0 Å². The summed E-state index contributed by atoms with van der Waals surface area (Å²) in [6.07, 6.45) is 4.71. The van der Waals surface area contributed by atoms with Crippen LogP contribution in [0, 0.1) is 0 Å². The molecule has 0 aliphatic heterocycles. The third-order valence-electron chi connectivity index (χ3n) is 3.99. The first-order valence-electron chi connectivity index (χ1n) is 8.13. The lowest BCUT2D eigenvalue weighted by molar-refractivity contribution is 0.119. The highest BCUT2D eigenvalue weighted by Gasteiger charge is 2.20. The second-order valence-corrected chi connectivity index (χ2v) is 5.74. The Hall–Kier alpha value is -1.75. The molecule has 1 aliphatic carbocycles. The van der Waals surface area contributed by atoms with E-state index >= 15 is 0 Å². The van der Waals surface area contributed by atoms with Crippen LogP contribution in [0.25, 0.3) is 0 Å². The van der Waals surface area contributed by atoms with E-state index in [4.69, 9.17) is 4.74 Å². The second kappa shape index (κ2) is 8.63. The minimum atomic E-state index is -0.350. The van der Waals surface area contributed by atoms with Crippen LogP contribution in [-0.2, 0) is 6.54 Å². The molecule has 0 aromatic heterocycles. The predicted octanol–water partition coefficient (Wildman–Crippen LogP) is 2.58. The minimum absolute atomic E-state index is 0.221. The largest absolute Gasteiger partial charge is 0.490 e. The predicted molar refractivity (Wildman–Crippen MR) is 85.9 cm³/mol. The lowest BCUT2D eigenvalue weighted by atomic mass is 9.96. The number of rotatable bonds is 8. The van der Waals surface area contributed by atoms with Crippen LogP contribution in [0.4, 0.5) is 4.79 Å². The second-order valence-electron chi connectivity index (χ2n) is 5.74. The van der Waals surface area contributed by atoms with E-state index in [9.17, 15) is 9.90 Å². The van der Waals surface area contributed by atoms with Crippen molar-refractivity contribution in [3.63, 3.8) is 0 Å². The molecule has 122 valence electrons. The van der Waals surface area contributed by atoms with Crippen molar-refractivity contribution in [3.8, 4) is 5.75 Å². The Morgan fingerprint density at radius 2 is 2.14 bits per heavy atom. The van der Waals surface area contributed by atoms with Crippen molar-refractivity contribution < 1.29 is 14.6 Å². The first-order chi connectivity index (χ1) is 10.7. The summed E-state index contributed by atoms with van der Waals surface area (Å²) < 4.78 is 5.94. The standard InChI is InChI=1S/C17H26N2O3/c1-2-14(20)10-11-18-17(21)19-12-13-6-3-4-9-16(13)22-15-7-5-8-15/h3-4,6,9,14-15,20H,2,5,7-8,10-12H2,1H3,(H2,18,19,21). The molecule has 5 heteroatoms. The number of nitrogens with one attached hydrogen (secondary N) is 2. The van der Waals surface area contributed by atoms with E-state index in [0.29, 0.717) is 32.0 Å². The van der Waals surface area contributed by atoms with Crippen molar-refractivity contribution >= 4 is 6.03 Å². The molecule has 1 atom stereocenters. The van der Waals surface area contributed by atoms with Crippen LogP contribution in [0.3, 0.4) is 0 Å². The van der Waals surface area contributed by atoms with E-state index in [1.165, 1.54) is 6.42 Å². The van der Waals surface area contributed by atoms with Crippen LogP contribution >= 0.6 is 0 Å². The van der Waals surface area contributed by atoms with Gasteiger partial charge in [0.2, 0.25) is 0 Å². The van der Waals surface area contributed by atoms with Crippen LogP contribution in [0.2, 0.25) is 0 Å². The summed E-state index contributed by atoms with van der Waals surface area (Å²) in [6, 6.07) is 7.59. The molecule has 3 N–H and O–H groups in total. The third kappa shape index (κ3) is 5.22. The number of para-hydroxylation sites is 1. The van der Waals surface area contributed by atoms with Gasteiger partial charge < -0.3 is 20.5 Å². The van der Waals surface area contributed by atoms with Crippen LogP contribution in [-0.4, -0.2) is 29.9 Å². The van der Waals surface area contributed by atoms with Gasteiger partial charge in [-0.3, -0.25) is 0 Å². The topological polar surface area (TPSA) is 70.6 Å². The van der Waals surface area contributed by atoms with Gasteiger partial charge in [0.1, 0.15) is 5.75 Å². The number of urea groups is 1. The van der Waals surface area contributed by atoms with Crippen molar-refractivity contribution in [3.05, 3.63) is 29.8 Å². The summed E-state index contributed by atoms with van der Waals surface area (Å²) >= 11 is 0. The number of benzene rings is 1. The smallest absolute Gasteiger partial charge is 0.315 e. The minimum Gasteiger partial charge on any atom is -0.490 e. The Labute approximate surface area is 132 Å². The summed E-state index contributed by atoms with van der Waals surface area (Å²) in [7, 11) is 0. The highest BCUT2D eigenvalue weighted by molar-refractivity contribution is 5.73. The Morgan fingerprint density at radius 3 is 2.82 bits per heavy atom. The Balaban J connectivity index is 1.74. The quantitative estimate of drug-likeness (QED) is 0.691. The number of aliphatic hydroxyl groups is 1. The van der Waals surface area contributed by atoms with Gasteiger partial charge in [0.15, 0.2) is 0 Å². The van der Waals surface area contributed by atoms with E-state index in [-0.39, 0.29) is 12.1 Å². The number of hydrogen-bond acceptors (Lipinski definition) is 3. The molecule has 5 nitrogen and oxygen atoms in total. The van der Waals surface area contributed by atoms with Crippen LogP contribution in [0.1, 0.15) is 44.6 Å². The molecule has 1 unspecified atom stereocenters. The molecule has 1 aromatic rings. The molecule has 0 heterocycles. The molecule has 0 saturated heterocycles. The monoisotopic (exact) mass is 306 g/mol. The van der Waals surface area contributed by atoms with Crippen molar-refractivity contribution in [2.24, 2.45) is 0 Å². The number of aliphatic hydroxyl groups excluding tert-OH is 1. The molecule has 2 amide bonds. The van der Waals surface area contributed by atoms with Crippen molar-refractivity contribution in [1.29, 1.82) is 0 Å². The SMILES string of the molecule is CCC(O)CCNC(=O)NCc1ccccc1OC1CCC1. The fourth-order valence-corrected chi connectivity index (χ4v) is 2.23. The Kier molecular flexibility index (Phi) is 6.52. The molecule has 2 rings (SSSR count). The molecule has 1 saturated carbocycles. The first kappa shape index (κ1) is 16.6. The number of ether oxygens (including phenoxy) is 1. The maximum Gasteiger partial charge on any atom is 0.315 e. The van der Waals surface area contributed by atoms with E-state index in [2.05, 4.69) is 10.6 Å². The van der Waals surface area contributed by atoms with Crippen molar-refractivity contribution in [2.75, 3.05) is 6.54 Å². The van der Waals surface area contributed by atoms with Crippen LogP contribution in [0.5, 0.6) is 5.75 Å². The van der Waals surface area contributed by atoms with Crippen molar-refractivity contribution in [2.45, 2.75) is 57.8 Å². The first-order valence-corrected chi connectivity index (χ1v) is 8.13. The van der Waals surface area contributed by atoms with Gasteiger partial charge in [-0.25, -0.2) is 4.79 Å². The maximum absolute atomic E-state index is 11.7. The molecule has 0 radical (unpaired) electrons. The third-order valence-corrected chi connectivity index (χ3v) is 3.99. The zero-order chi connectivity index (χ0) is 15.8. The average Bonchev–Trinajstić information content (AvgIpc) is 2.49.